The van der Waals surface area contributed by atoms with Gasteiger partial charge in [0.1, 0.15) is 19.0 Å². The molecule has 27 heavy (non-hydrogen) atoms. The van der Waals surface area contributed by atoms with Gasteiger partial charge in [0, 0.05) is 13.2 Å². The van der Waals surface area contributed by atoms with E-state index in [0.717, 1.165) is 19.1 Å². The van der Waals surface area contributed by atoms with Gasteiger partial charge in [-0.25, -0.2) is 4.98 Å². The first kappa shape index (κ1) is 19.1. The van der Waals surface area contributed by atoms with E-state index in [9.17, 15) is 4.79 Å². The quantitative estimate of drug-likeness (QED) is 0.488. The largest absolute Gasteiger partial charge is 0.487 e. The number of allylic oxidation sites excluding steroid dienone is 1. The summed E-state index contributed by atoms with van der Waals surface area (Å²) in [5.74, 6) is 0.873. The van der Waals surface area contributed by atoms with Gasteiger partial charge in [-0.3, -0.25) is 4.79 Å². The van der Waals surface area contributed by atoms with Crippen molar-refractivity contribution < 1.29 is 19.0 Å². The summed E-state index contributed by atoms with van der Waals surface area (Å²) >= 11 is 0. The summed E-state index contributed by atoms with van der Waals surface area (Å²) in [6.07, 6.45) is 6.77. The van der Waals surface area contributed by atoms with E-state index in [2.05, 4.69) is 29.2 Å². The first-order chi connectivity index (χ1) is 13.3. The van der Waals surface area contributed by atoms with E-state index in [4.69, 9.17) is 14.2 Å². The number of aldehydes is 1. The van der Waals surface area contributed by atoms with Crippen LogP contribution in [0.5, 0.6) is 11.6 Å². The Bertz CT molecular complexity index is 786. The lowest BCUT2D eigenvalue weighted by Crippen LogP contribution is -2.10. The van der Waals surface area contributed by atoms with Crippen molar-refractivity contribution >= 4 is 11.9 Å². The van der Waals surface area contributed by atoms with Crippen LogP contribution >= 0.6 is 0 Å². The van der Waals surface area contributed by atoms with E-state index in [0.29, 0.717) is 37.0 Å². The molecule has 1 aliphatic carbocycles. The number of methoxy groups -OCH3 is 1. The molecule has 1 aromatic carbocycles. The first-order valence-corrected chi connectivity index (χ1v) is 9.28. The highest BCUT2D eigenvalue weighted by molar-refractivity contribution is 5.79. The number of pyridine rings is 1. The summed E-state index contributed by atoms with van der Waals surface area (Å²) in [7, 11) is 1.61. The molecule has 1 aromatic heterocycles. The molecular weight excluding hydrogens is 342 g/mol. The summed E-state index contributed by atoms with van der Waals surface area (Å²) < 4.78 is 16.4. The summed E-state index contributed by atoms with van der Waals surface area (Å²) in [6, 6.07) is 12.0. The Morgan fingerprint density at radius 2 is 1.89 bits per heavy atom. The number of aromatic nitrogens is 1. The lowest BCUT2D eigenvalue weighted by molar-refractivity contribution is 0.111. The molecule has 0 N–H and O–H groups in total. The Kier molecular flexibility index (Phi) is 6.99. The highest BCUT2D eigenvalue weighted by Crippen LogP contribution is 2.33. The lowest BCUT2D eigenvalue weighted by Gasteiger charge is -2.21. The van der Waals surface area contributed by atoms with Crippen LogP contribution in [0.4, 0.5) is 0 Å². The molecule has 0 saturated heterocycles. The van der Waals surface area contributed by atoms with Crippen molar-refractivity contribution in [2.45, 2.75) is 25.7 Å². The van der Waals surface area contributed by atoms with Crippen molar-refractivity contribution in [3.8, 4) is 11.6 Å². The maximum atomic E-state index is 11.4. The van der Waals surface area contributed by atoms with Gasteiger partial charge in [0.05, 0.1) is 18.4 Å². The third-order valence-electron chi connectivity index (χ3n) is 4.64. The number of hydrogen-bond donors (Lipinski definition) is 0. The summed E-state index contributed by atoms with van der Waals surface area (Å²) in [4.78, 5) is 15.7. The zero-order chi connectivity index (χ0) is 18.9. The zero-order valence-electron chi connectivity index (χ0n) is 15.6. The van der Waals surface area contributed by atoms with Gasteiger partial charge in [-0.1, -0.05) is 30.3 Å². The Labute approximate surface area is 160 Å². The summed E-state index contributed by atoms with van der Waals surface area (Å²) in [5, 5.41) is 0. The fourth-order valence-corrected chi connectivity index (χ4v) is 3.24. The molecule has 0 aliphatic heterocycles. The van der Waals surface area contributed by atoms with Gasteiger partial charge in [0.25, 0.3) is 0 Å². The Morgan fingerprint density at radius 3 is 2.67 bits per heavy atom. The summed E-state index contributed by atoms with van der Waals surface area (Å²) in [5.41, 5.74) is 4.35. The van der Waals surface area contributed by atoms with Crippen LogP contribution in [0.3, 0.4) is 0 Å². The number of benzene rings is 1. The molecular formula is C22H25NO4. The Balaban J connectivity index is 1.73. The van der Waals surface area contributed by atoms with Crippen LogP contribution in [0, 0.1) is 0 Å². The fraction of sp³-hybridized carbons (Fsp3) is 0.364. The Hall–Kier alpha value is -2.66. The molecule has 2 aromatic rings. The molecule has 3 rings (SSSR count). The maximum Gasteiger partial charge on any atom is 0.214 e. The number of carbonyl (C=O) groups is 1. The second kappa shape index (κ2) is 9.88. The van der Waals surface area contributed by atoms with Crippen molar-refractivity contribution in [1.29, 1.82) is 0 Å². The second-order valence-electron chi connectivity index (χ2n) is 6.46. The molecule has 0 fully saturated rings. The van der Waals surface area contributed by atoms with Crippen LogP contribution in [0.2, 0.25) is 0 Å². The van der Waals surface area contributed by atoms with Crippen LogP contribution in [0.1, 0.15) is 41.6 Å². The molecule has 0 atom stereocenters. The lowest BCUT2D eigenvalue weighted by atomic mass is 9.88. The minimum Gasteiger partial charge on any atom is -0.487 e. The standard InChI is InChI=1S/C22H25NO4/c1-25-11-12-26-22-13-19(15-24)21(14-23-22)27-16-18-9-5-6-10-20(18)17-7-3-2-4-8-17/h2-4,7-8,13-15H,5-6,9-12,16H2,1H3. The molecule has 0 unspecified atom stereocenters. The zero-order valence-corrected chi connectivity index (χ0v) is 15.6. The average Bonchev–Trinajstić information content (AvgIpc) is 2.73. The molecule has 142 valence electrons. The molecule has 0 bridgehead atoms. The van der Waals surface area contributed by atoms with E-state index in [1.807, 2.05) is 6.07 Å². The molecule has 5 nitrogen and oxygen atoms in total. The minimum absolute atomic E-state index is 0.384. The molecule has 5 heteroatoms. The average molecular weight is 367 g/mol. The van der Waals surface area contributed by atoms with E-state index in [1.54, 1.807) is 19.4 Å². The van der Waals surface area contributed by atoms with Gasteiger partial charge < -0.3 is 14.2 Å². The van der Waals surface area contributed by atoms with Crippen molar-refractivity contribution in [2.75, 3.05) is 26.9 Å². The van der Waals surface area contributed by atoms with E-state index >= 15 is 0 Å². The summed E-state index contributed by atoms with van der Waals surface area (Å²) in [6.45, 7) is 1.32. The van der Waals surface area contributed by atoms with Crippen LogP contribution in [-0.4, -0.2) is 38.2 Å². The molecule has 0 amide bonds. The highest BCUT2D eigenvalue weighted by atomic mass is 16.5. The van der Waals surface area contributed by atoms with Crippen LogP contribution < -0.4 is 9.47 Å². The van der Waals surface area contributed by atoms with Gasteiger partial charge in [-0.2, -0.15) is 0 Å². The number of rotatable bonds is 9. The number of nitrogens with zero attached hydrogens (tertiary/aromatic N) is 1. The van der Waals surface area contributed by atoms with Gasteiger partial charge in [0.2, 0.25) is 5.88 Å². The van der Waals surface area contributed by atoms with Crippen LogP contribution in [0.15, 0.2) is 48.2 Å². The maximum absolute atomic E-state index is 11.4. The van der Waals surface area contributed by atoms with Crippen molar-refractivity contribution in [1.82, 2.24) is 4.98 Å². The molecule has 0 radical (unpaired) electrons. The van der Waals surface area contributed by atoms with Crippen LogP contribution in [-0.2, 0) is 4.74 Å². The third kappa shape index (κ3) is 5.17. The minimum atomic E-state index is 0.384. The number of hydrogen-bond acceptors (Lipinski definition) is 5. The first-order valence-electron chi connectivity index (χ1n) is 9.28. The SMILES string of the molecule is COCCOc1cc(C=O)c(OCC2=C(c3ccccc3)CCCC2)cn1. The normalized spacial score (nSPS) is 14.1. The van der Waals surface area contributed by atoms with Crippen molar-refractivity contribution in [3.63, 3.8) is 0 Å². The predicted molar refractivity (Wildman–Crippen MR) is 104 cm³/mol. The van der Waals surface area contributed by atoms with Gasteiger partial charge >= 0.3 is 0 Å². The molecule has 1 aliphatic rings. The van der Waals surface area contributed by atoms with Crippen LogP contribution in [0.25, 0.3) is 5.57 Å². The highest BCUT2D eigenvalue weighted by Gasteiger charge is 2.16. The van der Waals surface area contributed by atoms with Gasteiger partial charge in [0.15, 0.2) is 6.29 Å². The second-order valence-corrected chi connectivity index (χ2v) is 6.46. The van der Waals surface area contributed by atoms with E-state index in [-0.39, 0.29) is 0 Å². The van der Waals surface area contributed by atoms with Crippen molar-refractivity contribution in [3.05, 3.63) is 59.3 Å². The third-order valence-corrected chi connectivity index (χ3v) is 4.64. The van der Waals surface area contributed by atoms with Crippen molar-refractivity contribution in [2.24, 2.45) is 0 Å². The molecule has 0 spiro atoms. The Morgan fingerprint density at radius 1 is 1.07 bits per heavy atom. The smallest absolute Gasteiger partial charge is 0.214 e. The predicted octanol–water partition coefficient (Wildman–Crippen LogP) is 4.33. The number of carbonyl (C=O) groups excluding carboxylic acids is 1. The molecule has 1 heterocycles. The van der Waals surface area contributed by atoms with Gasteiger partial charge in [-0.15, -0.1) is 0 Å². The van der Waals surface area contributed by atoms with E-state index < -0.39 is 0 Å². The van der Waals surface area contributed by atoms with E-state index in [1.165, 1.54) is 29.6 Å². The van der Waals surface area contributed by atoms with Gasteiger partial charge in [-0.05, 0) is 42.4 Å². The fourth-order valence-electron chi connectivity index (χ4n) is 3.24. The molecule has 0 saturated carbocycles. The monoisotopic (exact) mass is 367 g/mol. The number of ether oxygens (including phenoxy) is 3. The topological polar surface area (TPSA) is 57.7 Å².